The minimum Gasteiger partial charge on any atom is -0.508 e. The van der Waals surface area contributed by atoms with Gasteiger partial charge < -0.3 is 20.1 Å². The van der Waals surface area contributed by atoms with Crippen LogP contribution >= 0.6 is 0 Å². The molecular weight excluding hydrogens is 296 g/mol. The molecule has 0 saturated carbocycles. The molecule has 1 fully saturated rings. The Morgan fingerprint density at radius 3 is 2.96 bits per heavy atom. The third-order valence-corrected chi connectivity index (χ3v) is 4.19. The number of carbonyl (C=O) groups is 2. The smallest absolute Gasteiger partial charge is 0.407 e. The van der Waals surface area contributed by atoms with Gasteiger partial charge >= 0.3 is 6.09 Å². The number of likely N-dealkylation sites (tertiary alicyclic amines) is 1. The molecule has 23 heavy (non-hydrogen) atoms. The molecule has 126 valence electrons. The predicted octanol–water partition coefficient (Wildman–Crippen LogP) is 2.06. The lowest BCUT2D eigenvalue weighted by molar-refractivity contribution is -0.133. The first-order valence-corrected chi connectivity index (χ1v) is 7.99. The number of aryl methyl sites for hydroxylation is 1. The van der Waals surface area contributed by atoms with E-state index in [-0.39, 0.29) is 24.2 Å². The third kappa shape index (κ3) is 5.16. The highest BCUT2D eigenvalue weighted by molar-refractivity contribution is 5.82. The van der Waals surface area contributed by atoms with Crippen molar-refractivity contribution in [2.24, 2.45) is 0 Å². The van der Waals surface area contributed by atoms with E-state index in [4.69, 9.17) is 0 Å². The van der Waals surface area contributed by atoms with E-state index in [2.05, 4.69) is 10.1 Å². The molecule has 2 N–H and O–H groups in total. The highest BCUT2D eigenvalue weighted by atomic mass is 16.5. The molecule has 1 aromatic carbocycles. The predicted molar refractivity (Wildman–Crippen MR) is 86.2 cm³/mol. The minimum atomic E-state index is -0.591. The van der Waals surface area contributed by atoms with E-state index in [0.29, 0.717) is 0 Å². The van der Waals surface area contributed by atoms with Gasteiger partial charge in [-0.2, -0.15) is 0 Å². The molecule has 0 bridgehead atoms. The number of benzene rings is 1. The van der Waals surface area contributed by atoms with Gasteiger partial charge in [-0.1, -0.05) is 12.1 Å². The second-order valence-electron chi connectivity index (χ2n) is 5.79. The Morgan fingerprint density at radius 2 is 2.22 bits per heavy atom. The Labute approximate surface area is 136 Å². The number of nitrogens with zero attached hydrogens (tertiary/aromatic N) is 1. The molecule has 1 aliphatic heterocycles. The number of ether oxygens (including phenoxy) is 1. The van der Waals surface area contributed by atoms with Crippen LogP contribution in [0, 0.1) is 0 Å². The first-order chi connectivity index (χ1) is 11.1. The van der Waals surface area contributed by atoms with Crippen LogP contribution in [0.4, 0.5) is 4.79 Å². The summed E-state index contributed by atoms with van der Waals surface area (Å²) in [6.45, 7) is 0.696. The summed E-state index contributed by atoms with van der Waals surface area (Å²) in [5, 5.41) is 12.0. The fourth-order valence-corrected chi connectivity index (χ4v) is 3.00. The van der Waals surface area contributed by atoms with Gasteiger partial charge in [0.1, 0.15) is 12.3 Å². The molecular formula is C17H24N2O4. The lowest BCUT2D eigenvalue weighted by Gasteiger charge is -2.36. The van der Waals surface area contributed by atoms with E-state index < -0.39 is 6.09 Å². The van der Waals surface area contributed by atoms with Gasteiger partial charge in [0.25, 0.3) is 0 Å². The minimum absolute atomic E-state index is 0.0324. The van der Waals surface area contributed by atoms with Gasteiger partial charge in [0, 0.05) is 12.6 Å². The molecule has 0 radical (unpaired) electrons. The number of methoxy groups -OCH3 is 1. The maximum Gasteiger partial charge on any atom is 0.407 e. The molecule has 0 aliphatic carbocycles. The number of rotatable bonds is 5. The molecule has 6 nitrogen and oxygen atoms in total. The van der Waals surface area contributed by atoms with Gasteiger partial charge in [-0.3, -0.25) is 4.79 Å². The molecule has 0 aromatic heterocycles. The van der Waals surface area contributed by atoms with Gasteiger partial charge in [0.15, 0.2) is 0 Å². The van der Waals surface area contributed by atoms with Gasteiger partial charge in [-0.25, -0.2) is 4.79 Å². The maximum absolute atomic E-state index is 12.3. The standard InChI is InChI=1S/C17H24N2O4/c1-23-17(22)18-12-16(21)19-10-3-2-6-14(19)9-8-13-5-4-7-15(20)11-13/h4-5,7,11,14,20H,2-3,6,8-10,12H2,1H3,(H,18,22)/t14-/m1/s1. The van der Waals surface area contributed by atoms with Gasteiger partial charge in [0.2, 0.25) is 5.91 Å². The van der Waals surface area contributed by atoms with E-state index in [1.54, 1.807) is 12.1 Å². The molecule has 1 aliphatic rings. The van der Waals surface area contributed by atoms with Crippen molar-refractivity contribution in [2.45, 2.75) is 38.1 Å². The molecule has 1 heterocycles. The van der Waals surface area contributed by atoms with Crippen molar-refractivity contribution in [2.75, 3.05) is 20.2 Å². The second kappa shape index (κ2) is 8.41. The normalized spacial score (nSPS) is 17.6. The van der Waals surface area contributed by atoms with Crippen molar-refractivity contribution in [3.05, 3.63) is 29.8 Å². The summed E-state index contributed by atoms with van der Waals surface area (Å²) in [6, 6.07) is 7.40. The summed E-state index contributed by atoms with van der Waals surface area (Å²) in [5.41, 5.74) is 1.07. The number of amides is 2. The number of phenols is 1. The van der Waals surface area contributed by atoms with Crippen LogP contribution in [0.15, 0.2) is 24.3 Å². The Morgan fingerprint density at radius 1 is 1.39 bits per heavy atom. The van der Waals surface area contributed by atoms with Crippen molar-refractivity contribution in [3.63, 3.8) is 0 Å². The summed E-state index contributed by atoms with van der Waals surface area (Å²) in [5.74, 6) is 0.192. The molecule has 1 saturated heterocycles. The summed E-state index contributed by atoms with van der Waals surface area (Å²) in [7, 11) is 1.28. The van der Waals surface area contributed by atoms with Crippen molar-refractivity contribution < 1.29 is 19.4 Å². The number of piperidine rings is 1. The van der Waals surface area contributed by atoms with Crippen LogP contribution in [0.1, 0.15) is 31.2 Å². The van der Waals surface area contributed by atoms with E-state index in [1.165, 1.54) is 7.11 Å². The summed E-state index contributed by atoms with van der Waals surface area (Å²) in [4.78, 5) is 25.3. The number of alkyl carbamates (subject to hydrolysis) is 1. The van der Waals surface area contributed by atoms with Crippen molar-refractivity contribution in [1.82, 2.24) is 10.2 Å². The Hall–Kier alpha value is -2.24. The molecule has 0 unspecified atom stereocenters. The number of aromatic hydroxyl groups is 1. The molecule has 1 aromatic rings. The molecule has 0 spiro atoms. The Kier molecular flexibility index (Phi) is 6.26. The van der Waals surface area contributed by atoms with Crippen LogP contribution in [0.5, 0.6) is 5.75 Å². The Balaban J connectivity index is 1.90. The summed E-state index contributed by atoms with van der Waals surface area (Å²) >= 11 is 0. The van der Waals surface area contributed by atoms with Crippen molar-refractivity contribution in [3.8, 4) is 5.75 Å². The Bertz CT molecular complexity index is 547. The second-order valence-corrected chi connectivity index (χ2v) is 5.79. The zero-order valence-corrected chi connectivity index (χ0v) is 13.5. The topological polar surface area (TPSA) is 78.9 Å². The zero-order chi connectivity index (χ0) is 16.7. The van der Waals surface area contributed by atoms with Crippen molar-refractivity contribution >= 4 is 12.0 Å². The monoisotopic (exact) mass is 320 g/mol. The lowest BCUT2D eigenvalue weighted by Crippen LogP contribution is -2.48. The average molecular weight is 320 g/mol. The van der Waals surface area contributed by atoms with E-state index >= 15 is 0 Å². The first-order valence-electron chi connectivity index (χ1n) is 7.99. The SMILES string of the molecule is COC(=O)NCC(=O)N1CCCC[C@@H]1CCc1cccc(O)c1. The summed E-state index contributed by atoms with van der Waals surface area (Å²) in [6.07, 6.45) is 4.15. The largest absolute Gasteiger partial charge is 0.508 e. The number of phenolic OH excluding ortho intramolecular Hbond substituents is 1. The van der Waals surface area contributed by atoms with Gasteiger partial charge in [-0.05, 0) is 49.8 Å². The highest BCUT2D eigenvalue weighted by Crippen LogP contribution is 2.22. The van der Waals surface area contributed by atoms with Crippen LogP contribution in [-0.2, 0) is 16.0 Å². The number of nitrogens with one attached hydrogen (secondary N) is 1. The van der Waals surface area contributed by atoms with E-state index in [9.17, 15) is 14.7 Å². The van der Waals surface area contributed by atoms with Gasteiger partial charge in [-0.15, -0.1) is 0 Å². The number of hydrogen-bond donors (Lipinski definition) is 2. The fourth-order valence-electron chi connectivity index (χ4n) is 3.00. The van der Waals surface area contributed by atoms with Crippen LogP contribution in [-0.4, -0.2) is 48.2 Å². The first kappa shape index (κ1) is 17.1. The van der Waals surface area contributed by atoms with Crippen LogP contribution in [0.3, 0.4) is 0 Å². The van der Waals surface area contributed by atoms with E-state index in [0.717, 1.165) is 44.2 Å². The molecule has 1 atom stereocenters. The van der Waals surface area contributed by atoms with Crippen LogP contribution in [0.2, 0.25) is 0 Å². The lowest BCUT2D eigenvalue weighted by atomic mass is 9.95. The molecule has 2 rings (SSSR count). The number of hydrogen-bond acceptors (Lipinski definition) is 4. The highest BCUT2D eigenvalue weighted by Gasteiger charge is 2.26. The maximum atomic E-state index is 12.3. The summed E-state index contributed by atoms with van der Waals surface area (Å²) < 4.78 is 4.49. The zero-order valence-electron chi connectivity index (χ0n) is 13.5. The van der Waals surface area contributed by atoms with Gasteiger partial charge in [0.05, 0.1) is 7.11 Å². The van der Waals surface area contributed by atoms with Crippen molar-refractivity contribution in [1.29, 1.82) is 0 Å². The average Bonchev–Trinajstić information content (AvgIpc) is 2.58. The van der Waals surface area contributed by atoms with Crippen LogP contribution < -0.4 is 5.32 Å². The number of carbonyl (C=O) groups excluding carboxylic acids is 2. The van der Waals surface area contributed by atoms with E-state index in [1.807, 2.05) is 17.0 Å². The fraction of sp³-hybridized carbons (Fsp3) is 0.529. The molecule has 2 amide bonds. The van der Waals surface area contributed by atoms with Crippen LogP contribution in [0.25, 0.3) is 0 Å². The quantitative estimate of drug-likeness (QED) is 0.870. The third-order valence-electron chi connectivity index (χ3n) is 4.19. The molecule has 6 heteroatoms.